The molecule has 10 heteroatoms. The summed E-state index contributed by atoms with van der Waals surface area (Å²) < 4.78 is 35.9. The summed E-state index contributed by atoms with van der Waals surface area (Å²) in [5, 5.41) is 8.22. The minimum atomic E-state index is -4.94. The van der Waals surface area contributed by atoms with Gasteiger partial charge in [0.15, 0.2) is 0 Å². The highest BCUT2D eigenvalue weighted by Gasteiger charge is 2.15. The summed E-state index contributed by atoms with van der Waals surface area (Å²) in [4.78, 5) is 6.22. The van der Waals surface area contributed by atoms with Crippen LogP contribution in [0.4, 0.5) is 0 Å². The minimum Gasteiger partial charge on any atom is -0.222 e. The van der Waals surface area contributed by atoms with Gasteiger partial charge in [-0.3, -0.25) is 0 Å². The van der Waals surface area contributed by atoms with Crippen LogP contribution in [0.2, 0.25) is 0 Å². The molecular weight excluding hydrogens is 326 g/mol. The van der Waals surface area contributed by atoms with Gasteiger partial charge in [0, 0.05) is 5.56 Å². The van der Waals surface area contributed by atoms with Crippen molar-refractivity contribution in [1.29, 1.82) is 0 Å². The average Bonchev–Trinajstić information content (AvgIpc) is 2.81. The maximum atomic E-state index is 8.49. The highest BCUT2D eigenvalue weighted by Crippen LogP contribution is 2.02. The number of rotatable bonds is 2. The smallest absolute Gasteiger partial charge is 0.222 e. The van der Waals surface area contributed by atoms with Crippen LogP contribution < -0.4 is 23.2 Å². The highest BCUT2D eigenvalue weighted by atomic mass is 35.7. The van der Waals surface area contributed by atoms with Gasteiger partial charge in [0.25, 0.3) is 0 Å². The molecule has 0 saturated carbocycles. The summed E-state index contributed by atoms with van der Waals surface area (Å²) in [5.41, 5.74) is 3.31. The molecule has 0 unspecified atom stereocenters. The Bertz CT molecular complexity index is 782. The monoisotopic (exact) mass is 339 g/mol. The van der Waals surface area contributed by atoms with Gasteiger partial charge < -0.3 is 0 Å². The molecule has 0 radical (unpaired) electrons. The third-order valence-electron chi connectivity index (χ3n) is 3.01. The third kappa shape index (κ3) is 5.20. The number of halogens is 1. The normalized spacial score (nSPS) is 11.2. The van der Waals surface area contributed by atoms with Gasteiger partial charge in [-0.25, -0.2) is 18.6 Å². The molecule has 23 heavy (non-hydrogen) atoms. The number of aromatic nitrogens is 5. The summed E-state index contributed by atoms with van der Waals surface area (Å²) >= 11 is 0. The lowest BCUT2D eigenvalue weighted by molar-refractivity contribution is -2.00. The fourth-order valence-electron chi connectivity index (χ4n) is 1.85. The van der Waals surface area contributed by atoms with Crippen LogP contribution in [0.3, 0.4) is 0 Å². The Hall–Kier alpha value is -2.17. The van der Waals surface area contributed by atoms with Gasteiger partial charge in [-0.15, -0.1) is 19.7 Å². The quantitative estimate of drug-likeness (QED) is 0.438. The van der Waals surface area contributed by atoms with Crippen LogP contribution in [-0.2, 0) is 6.54 Å². The first-order chi connectivity index (χ1) is 10.7. The third-order valence-corrected chi connectivity index (χ3v) is 3.01. The Morgan fingerprint density at radius 2 is 1.70 bits per heavy atom. The van der Waals surface area contributed by atoms with Gasteiger partial charge in [-0.2, -0.15) is 0 Å². The number of tetrazole rings is 1. The van der Waals surface area contributed by atoms with E-state index >= 15 is 0 Å². The largest absolute Gasteiger partial charge is 0.441 e. The van der Waals surface area contributed by atoms with Gasteiger partial charge in [0.2, 0.25) is 0 Å². The molecule has 3 aromatic rings. The molecule has 0 spiro atoms. The first-order valence-electron chi connectivity index (χ1n) is 6.49. The molecule has 0 saturated heterocycles. The van der Waals surface area contributed by atoms with Crippen LogP contribution in [-0.4, -0.2) is 20.1 Å². The second-order valence-corrected chi connectivity index (χ2v) is 5.49. The van der Waals surface area contributed by atoms with Gasteiger partial charge in [0.1, 0.15) is 17.5 Å². The number of hydrogen-bond donors (Lipinski definition) is 0. The molecule has 9 nitrogen and oxygen atoms in total. The maximum absolute atomic E-state index is 8.49. The summed E-state index contributed by atoms with van der Waals surface area (Å²) in [6.45, 7) is 4.70. The molecule has 3 rings (SSSR count). The Kier molecular flexibility index (Phi) is 5.19. The van der Waals surface area contributed by atoms with Crippen LogP contribution in [0.15, 0.2) is 36.5 Å². The molecule has 0 aliphatic heterocycles. The topological polar surface area (TPSA) is 140 Å². The Balaban J connectivity index is 0.000000338. The van der Waals surface area contributed by atoms with Crippen molar-refractivity contribution in [2.75, 3.05) is 0 Å². The molecule has 0 aliphatic rings. The molecule has 0 bridgehead atoms. The highest BCUT2D eigenvalue weighted by molar-refractivity contribution is 5.20. The van der Waals surface area contributed by atoms with Crippen molar-refractivity contribution >= 4 is 5.78 Å². The average molecular weight is 340 g/mol. The summed E-state index contributed by atoms with van der Waals surface area (Å²) in [6.07, 6.45) is 2.01. The number of fused-ring (bicyclic) bond motifs is 1. The lowest BCUT2D eigenvalue weighted by Crippen LogP contribution is -2.68. The van der Waals surface area contributed by atoms with Crippen LogP contribution >= 0.6 is 0 Å². The van der Waals surface area contributed by atoms with Crippen molar-refractivity contribution in [2.24, 2.45) is 0 Å². The van der Waals surface area contributed by atoms with Crippen molar-refractivity contribution in [1.82, 2.24) is 20.1 Å². The van der Waals surface area contributed by atoms with E-state index in [0.29, 0.717) is 12.3 Å². The molecular formula is C13H14ClN5O4. The zero-order valence-electron chi connectivity index (χ0n) is 12.4. The zero-order valence-corrected chi connectivity index (χ0v) is 13.2. The van der Waals surface area contributed by atoms with E-state index in [-0.39, 0.29) is 0 Å². The molecule has 0 atom stereocenters. The molecule has 0 amide bonds. The molecule has 0 aliphatic carbocycles. The van der Waals surface area contributed by atoms with Crippen molar-refractivity contribution in [3.8, 4) is 0 Å². The van der Waals surface area contributed by atoms with E-state index in [2.05, 4.69) is 27.4 Å². The number of hydrogen-bond acceptors (Lipinski definition) is 7. The molecule has 2 aromatic heterocycles. The molecule has 0 N–H and O–H groups in total. The lowest BCUT2D eigenvalue weighted by atomic mass is 10.2. The number of nitrogens with zero attached hydrogens (tertiary/aromatic N) is 5. The lowest BCUT2D eigenvalue weighted by Gasteiger charge is -2.17. The van der Waals surface area contributed by atoms with Crippen molar-refractivity contribution < 1.29 is 33.4 Å². The second kappa shape index (κ2) is 6.94. The number of aryl methyl sites for hydroxylation is 2. The van der Waals surface area contributed by atoms with E-state index in [9.17, 15) is 0 Å². The van der Waals surface area contributed by atoms with E-state index in [0.717, 1.165) is 11.3 Å². The molecule has 122 valence electrons. The van der Waals surface area contributed by atoms with Crippen LogP contribution in [0, 0.1) is 24.1 Å². The van der Waals surface area contributed by atoms with Crippen molar-refractivity contribution in [2.45, 2.75) is 20.4 Å². The first-order valence-corrected chi connectivity index (χ1v) is 7.72. The predicted molar refractivity (Wildman–Crippen MR) is 66.0 cm³/mol. The molecule has 1 aromatic carbocycles. The van der Waals surface area contributed by atoms with E-state index < -0.39 is 10.2 Å². The molecule has 0 fully saturated rings. The van der Waals surface area contributed by atoms with Gasteiger partial charge in [-0.1, -0.05) is 35.1 Å². The van der Waals surface area contributed by atoms with Gasteiger partial charge in [-0.05, 0) is 19.4 Å². The zero-order chi connectivity index (χ0) is 17.0. The first kappa shape index (κ1) is 17.2. The van der Waals surface area contributed by atoms with Crippen LogP contribution in [0.25, 0.3) is 5.78 Å². The van der Waals surface area contributed by atoms with Crippen LogP contribution in [0.1, 0.15) is 16.8 Å². The fourth-order valence-corrected chi connectivity index (χ4v) is 1.85. The SMILES string of the molecule is Cc1c[n+]2c(nnn2Cc2ccccc2)nc1C.[O-][Cl+3]([O-])([O-])[O-]. The Morgan fingerprint density at radius 3 is 2.30 bits per heavy atom. The van der Waals surface area contributed by atoms with E-state index in [1.54, 1.807) is 0 Å². The standard InChI is InChI=1S/C13H14N5.ClHO4/c1-10-8-17-13(14-11(10)2)15-16-18(17)9-12-6-4-3-5-7-12;2-1(3,4)5/h3-8H,9H2,1-2H3;(H,2,3,4,5)/q+1;/p-1. The minimum absolute atomic E-state index is 0.633. The van der Waals surface area contributed by atoms with E-state index in [1.165, 1.54) is 5.56 Å². The van der Waals surface area contributed by atoms with Gasteiger partial charge >= 0.3 is 5.78 Å². The van der Waals surface area contributed by atoms with Gasteiger partial charge in [0.05, 0.1) is 11.3 Å². The summed E-state index contributed by atoms with van der Waals surface area (Å²) in [5.74, 6) is 0.633. The van der Waals surface area contributed by atoms with Crippen LogP contribution in [0.5, 0.6) is 0 Å². The van der Waals surface area contributed by atoms with E-state index in [4.69, 9.17) is 18.6 Å². The summed E-state index contributed by atoms with van der Waals surface area (Å²) in [6, 6.07) is 10.2. The van der Waals surface area contributed by atoms with Crippen molar-refractivity contribution in [3.05, 3.63) is 53.3 Å². The van der Waals surface area contributed by atoms with Crippen molar-refractivity contribution in [3.63, 3.8) is 0 Å². The Morgan fingerprint density at radius 1 is 1.09 bits per heavy atom. The predicted octanol–water partition coefficient (Wildman–Crippen LogP) is -3.68. The second-order valence-electron chi connectivity index (χ2n) is 4.74. The Labute approximate surface area is 133 Å². The molecule has 2 heterocycles. The fraction of sp³-hybridized carbons (Fsp3) is 0.231. The maximum Gasteiger partial charge on any atom is 0.441 e. The van der Waals surface area contributed by atoms with E-state index in [1.807, 2.05) is 47.6 Å². The summed E-state index contributed by atoms with van der Waals surface area (Å²) in [7, 11) is -4.94. The number of benzene rings is 1.